The van der Waals surface area contributed by atoms with Crippen LogP contribution in [0, 0.1) is 6.92 Å². The summed E-state index contributed by atoms with van der Waals surface area (Å²) in [6, 6.07) is 3.29. The monoisotopic (exact) mass is 303 g/mol. The maximum Gasteiger partial charge on any atom is 0.303 e. The van der Waals surface area contributed by atoms with Gasteiger partial charge in [0.05, 0.1) is 10.7 Å². The Morgan fingerprint density at radius 1 is 1.16 bits per heavy atom. The average Bonchev–Trinajstić information content (AvgIpc) is 2.31. The standard InChI is InChI=1S/C13H15Cl2NO3/c1-8-6-10(15)11(7-9(8)14)16-12(17)4-2-3-5-13(18)19/h6-7H,2-5H2,1H3,(H,16,17)(H,18,19). The van der Waals surface area contributed by atoms with Crippen LogP contribution in [0.15, 0.2) is 12.1 Å². The Morgan fingerprint density at radius 2 is 1.79 bits per heavy atom. The van der Waals surface area contributed by atoms with Crippen LogP contribution in [0.1, 0.15) is 31.2 Å². The molecular weight excluding hydrogens is 289 g/mol. The minimum atomic E-state index is -0.853. The third kappa shape index (κ3) is 5.49. The van der Waals surface area contributed by atoms with Crippen molar-refractivity contribution in [3.63, 3.8) is 0 Å². The van der Waals surface area contributed by atoms with E-state index in [0.29, 0.717) is 28.6 Å². The molecule has 0 atom stereocenters. The predicted molar refractivity (Wildman–Crippen MR) is 75.9 cm³/mol. The average molecular weight is 304 g/mol. The van der Waals surface area contributed by atoms with Crippen molar-refractivity contribution in [1.29, 1.82) is 0 Å². The van der Waals surface area contributed by atoms with E-state index in [1.54, 1.807) is 12.1 Å². The van der Waals surface area contributed by atoms with Crippen molar-refractivity contribution in [2.24, 2.45) is 0 Å². The third-order valence-corrected chi connectivity index (χ3v) is 3.29. The van der Waals surface area contributed by atoms with E-state index in [2.05, 4.69) is 5.32 Å². The Morgan fingerprint density at radius 3 is 2.42 bits per heavy atom. The van der Waals surface area contributed by atoms with Crippen LogP contribution in [0.5, 0.6) is 0 Å². The highest BCUT2D eigenvalue weighted by atomic mass is 35.5. The molecule has 0 fully saturated rings. The van der Waals surface area contributed by atoms with Gasteiger partial charge in [0.15, 0.2) is 0 Å². The van der Waals surface area contributed by atoms with E-state index in [1.807, 2.05) is 6.92 Å². The van der Waals surface area contributed by atoms with Gasteiger partial charge < -0.3 is 10.4 Å². The summed E-state index contributed by atoms with van der Waals surface area (Å²) in [4.78, 5) is 22.0. The molecule has 0 saturated carbocycles. The lowest BCUT2D eigenvalue weighted by Gasteiger charge is -2.09. The summed E-state index contributed by atoms with van der Waals surface area (Å²) < 4.78 is 0. The molecule has 19 heavy (non-hydrogen) atoms. The summed E-state index contributed by atoms with van der Waals surface area (Å²) in [5.41, 5.74) is 1.31. The van der Waals surface area contributed by atoms with Gasteiger partial charge in [0.25, 0.3) is 0 Å². The van der Waals surface area contributed by atoms with Gasteiger partial charge in [0, 0.05) is 17.9 Å². The van der Waals surface area contributed by atoms with Crippen LogP contribution in [-0.4, -0.2) is 17.0 Å². The molecule has 0 spiro atoms. The summed E-state index contributed by atoms with van der Waals surface area (Å²) in [5.74, 6) is -1.05. The summed E-state index contributed by atoms with van der Waals surface area (Å²) in [6.45, 7) is 1.83. The number of aryl methyl sites for hydroxylation is 1. The van der Waals surface area contributed by atoms with Crippen molar-refractivity contribution < 1.29 is 14.7 Å². The molecule has 0 unspecified atom stereocenters. The zero-order valence-electron chi connectivity index (χ0n) is 10.5. The highest BCUT2D eigenvalue weighted by Gasteiger charge is 2.08. The molecule has 0 aliphatic heterocycles. The first-order valence-corrected chi connectivity index (χ1v) is 6.63. The number of carboxylic acids is 1. The molecule has 104 valence electrons. The minimum absolute atomic E-state index is 0.0738. The van der Waals surface area contributed by atoms with Gasteiger partial charge in [-0.05, 0) is 37.5 Å². The Labute approximate surface area is 121 Å². The van der Waals surface area contributed by atoms with E-state index in [0.717, 1.165) is 5.56 Å². The predicted octanol–water partition coefficient (Wildman–Crippen LogP) is 3.89. The summed E-state index contributed by atoms with van der Waals surface area (Å²) in [6.07, 6.45) is 1.33. The van der Waals surface area contributed by atoms with Gasteiger partial charge in [0.1, 0.15) is 0 Å². The Hall–Kier alpha value is -1.26. The largest absolute Gasteiger partial charge is 0.481 e. The van der Waals surface area contributed by atoms with Crippen molar-refractivity contribution in [1.82, 2.24) is 0 Å². The highest BCUT2D eigenvalue weighted by Crippen LogP contribution is 2.28. The van der Waals surface area contributed by atoms with Crippen LogP contribution in [0.2, 0.25) is 10.0 Å². The number of halogens is 2. The zero-order chi connectivity index (χ0) is 14.4. The van der Waals surface area contributed by atoms with Gasteiger partial charge in [-0.15, -0.1) is 0 Å². The topological polar surface area (TPSA) is 66.4 Å². The lowest BCUT2D eigenvalue weighted by molar-refractivity contribution is -0.137. The van der Waals surface area contributed by atoms with E-state index in [1.165, 1.54) is 0 Å². The van der Waals surface area contributed by atoms with Crippen molar-refractivity contribution in [3.05, 3.63) is 27.7 Å². The fourth-order valence-corrected chi connectivity index (χ4v) is 1.95. The number of carbonyl (C=O) groups excluding carboxylic acids is 1. The van der Waals surface area contributed by atoms with Crippen LogP contribution >= 0.6 is 23.2 Å². The minimum Gasteiger partial charge on any atom is -0.481 e. The highest BCUT2D eigenvalue weighted by molar-refractivity contribution is 6.36. The summed E-state index contributed by atoms with van der Waals surface area (Å²) in [5, 5.41) is 12.1. The fraction of sp³-hybridized carbons (Fsp3) is 0.385. The summed E-state index contributed by atoms with van der Waals surface area (Å²) >= 11 is 12.0. The molecule has 1 aromatic carbocycles. The number of hydrogen-bond acceptors (Lipinski definition) is 2. The van der Waals surface area contributed by atoms with E-state index in [4.69, 9.17) is 28.3 Å². The second-order valence-electron chi connectivity index (χ2n) is 4.23. The quantitative estimate of drug-likeness (QED) is 0.784. The van der Waals surface area contributed by atoms with E-state index < -0.39 is 5.97 Å². The number of carboxylic acid groups (broad SMARTS) is 1. The second-order valence-corrected chi connectivity index (χ2v) is 5.04. The number of unbranched alkanes of at least 4 members (excludes halogenated alkanes) is 1. The van der Waals surface area contributed by atoms with Gasteiger partial charge in [-0.2, -0.15) is 0 Å². The number of rotatable bonds is 6. The maximum absolute atomic E-state index is 11.6. The molecule has 1 rings (SSSR count). The van der Waals surface area contributed by atoms with Crippen LogP contribution in [0.4, 0.5) is 5.69 Å². The zero-order valence-corrected chi connectivity index (χ0v) is 12.0. The smallest absolute Gasteiger partial charge is 0.303 e. The first-order chi connectivity index (χ1) is 8.90. The molecule has 0 aliphatic rings. The number of carbonyl (C=O) groups is 2. The molecule has 0 heterocycles. The van der Waals surface area contributed by atoms with Gasteiger partial charge in [-0.25, -0.2) is 0 Å². The molecule has 0 radical (unpaired) electrons. The number of amides is 1. The first-order valence-electron chi connectivity index (χ1n) is 5.87. The first kappa shape index (κ1) is 15.8. The Kier molecular flexibility index (Phi) is 6.12. The molecule has 0 saturated heterocycles. The normalized spacial score (nSPS) is 10.3. The Bertz CT molecular complexity index is 489. The van der Waals surface area contributed by atoms with Crippen LogP contribution in [0.25, 0.3) is 0 Å². The molecule has 1 aromatic rings. The number of hydrogen-bond donors (Lipinski definition) is 2. The van der Waals surface area contributed by atoms with Crippen molar-refractivity contribution >= 4 is 40.8 Å². The molecule has 0 aliphatic carbocycles. The summed E-state index contributed by atoms with van der Waals surface area (Å²) in [7, 11) is 0. The third-order valence-electron chi connectivity index (χ3n) is 2.57. The number of benzene rings is 1. The fourth-order valence-electron chi connectivity index (χ4n) is 1.52. The Balaban J connectivity index is 2.48. The SMILES string of the molecule is Cc1cc(Cl)c(NC(=O)CCCCC(=O)O)cc1Cl. The molecule has 2 N–H and O–H groups in total. The van der Waals surface area contributed by atoms with Gasteiger partial charge in [-0.3, -0.25) is 9.59 Å². The van der Waals surface area contributed by atoms with E-state index >= 15 is 0 Å². The number of aliphatic carboxylic acids is 1. The molecule has 6 heteroatoms. The molecule has 1 amide bonds. The molecule has 0 bridgehead atoms. The van der Waals surface area contributed by atoms with Gasteiger partial charge in [0.2, 0.25) is 5.91 Å². The van der Waals surface area contributed by atoms with Gasteiger partial charge in [-0.1, -0.05) is 23.2 Å². The maximum atomic E-state index is 11.6. The van der Waals surface area contributed by atoms with E-state index in [-0.39, 0.29) is 18.7 Å². The van der Waals surface area contributed by atoms with Crippen LogP contribution in [-0.2, 0) is 9.59 Å². The van der Waals surface area contributed by atoms with Crippen LogP contribution in [0.3, 0.4) is 0 Å². The van der Waals surface area contributed by atoms with E-state index in [9.17, 15) is 9.59 Å². The number of anilines is 1. The van der Waals surface area contributed by atoms with Crippen molar-refractivity contribution in [2.45, 2.75) is 32.6 Å². The van der Waals surface area contributed by atoms with Crippen LogP contribution < -0.4 is 5.32 Å². The second kappa shape index (κ2) is 7.36. The van der Waals surface area contributed by atoms with Crippen molar-refractivity contribution in [2.75, 3.05) is 5.32 Å². The van der Waals surface area contributed by atoms with Gasteiger partial charge >= 0.3 is 5.97 Å². The lowest BCUT2D eigenvalue weighted by atomic mass is 10.2. The number of nitrogens with one attached hydrogen (secondary N) is 1. The molecular formula is C13H15Cl2NO3. The molecule has 0 aromatic heterocycles. The lowest BCUT2D eigenvalue weighted by Crippen LogP contribution is -2.11. The van der Waals surface area contributed by atoms with Crippen molar-refractivity contribution in [3.8, 4) is 0 Å². The molecule has 4 nitrogen and oxygen atoms in total.